The van der Waals surface area contributed by atoms with Gasteiger partial charge in [0.1, 0.15) is 11.2 Å². The van der Waals surface area contributed by atoms with E-state index >= 15 is 0 Å². The smallest absolute Gasteiger partial charge is 0.164 e. The quantitative estimate of drug-likeness (QED) is 0.177. The Morgan fingerprint density at radius 3 is 1.90 bits per heavy atom. The fourth-order valence-corrected chi connectivity index (χ4v) is 12.6. The second kappa shape index (κ2) is 13.8. The van der Waals surface area contributed by atoms with Crippen molar-refractivity contribution < 1.29 is 4.42 Å². The Morgan fingerprint density at radius 2 is 1.04 bits per heavy atom. The van der Waals surface area contributed by atoms with E-state index in [1.807, 2.05) is 18.2 Å². The molecule has 0 fully saturated rings. The maximum absolute atomic E-state index is 6.39. The van der Waals surface area contributed by atoms with Crippen molar-refractivity contribution in [3.63, 3.8) is 0 Å². The van der Waals surface area contributed by atoms with Gasteiger partial charge >= 0.3 is 0 Å². The third-order valence-electron chi connectivity index (χ3n) is 14.6. The molecule has 0 amide bonds. The average molecular weight is 887 g/mol. The van der Waals surface area contributed by atoms with Crippen molar-refractivity contribution in [1.29, 1.82) is 0 Å². The Morgan fingerprint density at radius 1 is 0.412 bits per heavy atom. The van der Waals surface area contributed by atoms with Crippen LogP contribution in [-0.4, -0.2) is 19.5 Å². The van der Waals surface area contributed by atoms with Crippen molar-refractivity contribution in [2.24, 2.45) is 0 Å². The molecule has 0 saturated carbocycles. The molecule has 4 aromatic heterocycles. The molecule has 68 heavy (non-hydrogen) atoms. The Bertz CT molecular complexity index is 4360. The number of aromatic nitrogens is 4. The number of thiophene rings is 1. The van der Waals surface area contributed by atoms with Crippen molar-refractivity contribution in [2.45, 2.75) is 19.3 Å². The van der Waals surface area contributed by atoms with E-state index in [0.717, 1.165) is 55.1 Å². The summed E-state index contributed by atoms with van der Waals surface area (Å²) in [7, 11) is 0. The first-order valence-electron chi connectivity index (χ1n) is 23.2. The maximum Gasteiger partial charge on any atom is 0.164 e. The summed E-state index contributed by atoms with van der Waals surface area (Å²) in [5.74, 6) is 1.82. The highest BCUT2D eigenvalue weighted by Gasteiger charge is 2.38. The number of hydrogen-bond acceptors (Lipinski definition) is 5. The molecule has 0 N–H and O–H groups in total. The van der Waals surface area contributed by atoms with Crippen molar-refractivity contribution in [3.05, 3.63) is 205 Å². The molecule has 6 heteroatoms. The first kappa shape index (κ1) is 37.7. The molecule has 0 radical (unpaired) electrons. The predicted molar refractivity (Wildman–Crippen MR) is 283 cm³/mol. The van der Waals surface area contributed by atoms with Crippen molar-refractivity contribution in [1.82, 2.24) is 19.5 Å². The van der Waals surface area contributed by atoms with Crippen LogP contribution >= 0.6 is 11.3 Å². The summed E-state index contributed by atoms with van der Waals surface area (Å²) in [6.07, 6.45) is 0. The van der Waals surface area contributed by atoms with Crippen LogP contribution in [0.4, 0.5) is 0 Å². The van der Waals surface area contributed by atoms with Gasteiger partial charge in [-0.2, -0.15) is 0 Å². The van der Waals surface area contributed by atoms with Gasteiger partial charge in [0.05, 0.1) is 16.7 Å². The number of fused-ring (bicyclic) bond motifs is 15. The van der Waals surface area contributed by atoms with E-state index < -0.39 is 0 Å². The van der Waals surface area contributed by atoms with E-state index in [1.165, 1.54) is 75.0 Å². The van der Waals surface area contributed by atoms with Crippen LogP contribution in [0, 0.1) is 0 Å². The van der Waals surface area contributed by atoms with Gasteiger partial charge in [0.2, 0.25) is 0 Å². The molecule has 0 bridgehead atoms. The molecule has 0 aliphatic heterocycles. The lowest BCUT2D eigenvalue weighted by atomic mass is 9.80. The minimum absolute atomic E-state index is 0.197. The van der Waals surface area contributed by atoms with Gasteiger partial charge in [-0.15, -0.1) is 11.3 Å². The lowest BCUT2D eigenvalue weighted by Crippen LogP contribution is -2.15. The lowest BCUT2D eigenvalue weighted by molar-refractivity contribution is 0.667. The molecule has 14 aromatic rings. The SMILES string of the molecule is CC1(C)c2cc3c(cc2-c2ccc4ccccc4c21)c1ccccc1n3-c1ccc(-c2nc(-c3ccc4c(c3)oc3ccccc34)nc(-c3ccc4c(c3)sc3ccccc34)n2)c2ccccc12. The normalized spacial score (nSPS) is 13.3. The third kappa shape index (κ3) is 5.29. The Balaban J connectivity index is 0.942. The average Bonchev–Trinajstić information content (AvgIpc) is 4.11. The number of para-hydroxylation sites is 2. The van der Waals surface area contributed by atoms with Gasteiger partial charge in [-0.25, -0.2) is 15.0 Å². The van der Waals surface area contributed by atoms with Gasteiger partial charge in [-0.3, -0.25) is 0 Å². The number of furan rings is 1. The zero-order valence-electron chi connectivity index (χ0n) is 37.1. The minimum atomic E-state index is -0.197. The molecule has 4 heterocycles. The molecule has 0 spiro atoms. The summed E-state index contributed by atoms with van der Waals surface area (Å²) >= 11 is 1.80. The molecule has 10 aromatic carbocycles. The van der Waals surface area contributed by atoms with Crippen LogP contribution in [-0.2, 0) is 5.41 Å². The lowest BCUT2D eigenvalue weighted by Gasteiger charge is -2.23. The zero-order valence-corrected chi connectivity index (χ0v) is 37.9. The topological polar surface area (TPSA) is 56.7 Å². The first-order chi connectivity index (χ1) is 33.4. The van der Waals surface area contributed by atoms with Crippen LogP contribution in [0.5, 0.6) is 0 Å². The van der Waals surface area contributed by atoms with E-state index in [4.69, 9.17) is 19.4 Å². The van der Waals surface area contributed by atoms with Gasteiger partial charge in [0.25, 0.3) is 0 Å². The number of benzene rings is 10. The highest BCUT2D eigenvalue weighted by molar-refractivity contribution is 7.25. The molecule has 0 atom stereocenters. The molecule has 0 saturated heterocycles. The molecule has 0 unspecified atom stereocenters. The summed E-state index contributed by atoms with van der Waals surface area (Å²) < 4.78 is 11.3. The van der Waals surface area contributed by atoms with Crippen LogP contribution in [0.2, 0.25) is 0 Å². The Labute approximate surface area is 394 Å². The van der Waals surface area contributed by atoms with Gasteiger partial charge in [-0.1, -0.05) is 147 Å². The summed E-state index contributed by atoms with van der Waals surface area (Å²) in [6.45, 7) is 4.78. The minimum Gasteiger partial charge on any atom is -0.456 e. The van der Waals surface area contributed by atoms with E-state index in [-0.39, 0.29) is 5.41 Å². The summed E-state index contributed by atoms with van der Waals surface area (Å²) in [6, 6.07) is 70.0. The van der Waals surface area contributed by atoms with E-state index in [9.17, 15) is 0 Å². The van der Waals surface area contributed by atoms with Crippen LogP contribution in [0.15, 0.2) is 199 Å². The number of hydrogen-bond donors (Lipinski definition) is 0. The number of nitrogens with zero attached hydrogens (tertiary/aromatic N) is 4. The monoisotopic (exact) mass is 886 g/mol. The first-order valence-corrected chi connectivity index (χ1v) is 24.0. The van der Waals surface area contributed by atoms with Crippen LogP contribution in [0.25, 0.3) is 136 Å². The molecule has 1 aliphatic rings. The van der Waals surface area contributed by atoms with Crippen molar-refractivity contribution in [2.75, 3.05) is 0 Å². The van der Waals surface area contributed by atoms with Gasteiger partial charge in [0, 0.05) is 69.2 Å². The highest BCUT2D eigenvalue weighted by Crippen LogP contribution is 2.53. The summed E-state index contributed by atoms with van der Waals surface area (Å²) in [5, 5.41) is 11.9. The largest absolute Gasteiger partial charge is 0.456 e. The second-order valence-electron chi connectivity index (χ2n) is 18.7. The van der Waals surface area contributed by atoms with Crippen molar-refractivity contribution in [3.8, 4) is 51.0 Å². The molecule has 15 rings (SSSR count). The summed E-state index contributed by atoms with van der Waals surface area (Å²) in [5.41, 5.74) is 13.1. The Hall–Kier alpha value is -8.45. The Kier molecular flexibility index (Phi) is 7.66. The fourth-order valence-electron chi connectivity index (χ4n) is 11.5. The van der Waals surface area contributed by atoms with Gasteiger partial charge in [0.15, 0.2) is 17.5 Å². The van der Waals surface area contributed by atoms with E-state index in [2.05, 4.69) is 194 Å². The van der Waals surface area contributed by atoms with Crippen molar-refractivity contribution >= 4 is 96.8 Å². The van der Waals surface area contributed by atoms with Crippen LogP contribution < -0.4 is 0 Å². The number of rotatable bonds is 4. The maximum atomic E-state index is 6.39. The fraction of sp³-hybridized carbons (Fsp3) is 0.0484. The molecular weight excluding hydrogens is 849 g/mol. The van der Waals surface area contributed by atoms with Gasteiger partial charge < -0.3 is 8.98 Å². The predicted octanol–water partition coefficient (Wildman–Crippen LogP) is 16.8. The molecular formula is C62H38N4OS. The van der Waals surface area contributed by atoms with Crippen LogP contribution in [0.1, 0.15) is 25.0 Å². The highest BCUT2D eigenvalue weighted by atomic mass is 32.1. The third-order valence-corrected chi connectivity index (χ3v) is 15.8. The van der Waals surface area contributed by atoms with Gasteiger partial charge in [-0.05, 0) is 99.1 Å². The zero-order chi connectivity index (χ0) is 44.8. The standard InChI is InChI=1S/C62H38N4OS/c1-62(2)50-34-53-49(33-48(50)46-28-23-35-13-3-4-14-38(35)58(46)62)41-17-7-10-20-51(41)66(53)52-30-29-47(39-15-5-6-16-40(39)52)61-64-59(36-24-26-43-42-18-8-11-21-54(42)67-55(43)31-36)63-60(65-61)37-25-27-45-44-19-9-12-22-56(44)68-57(45)32-37/h3-34H,1-2H3. The van der Waals surface area contributed by atoms with E-state index in [0.29, 0.717) is 17.5 Å². The van der Waals surface area contributed by atoms with Crippen LogP contribution in [0.3, 0.4) is 0 Å². The second-order valence-corrected chi connectivity index (χ2v) is 19.8. The summed E-state index contributed by atoms with van der Waals surface area (Å²) in [4.78, 5) is 15.9. The van der Waals surface area contributed by atoms with E-state index in [1.54, 1.807) is 11.3 Å². The molecule has 5 nitrogen and oxygen atoms in total. The molecule has 318 valence electrons. The molecule has 1 aliphatic carbocycles.